The number of hydrogen-bond acceptors (Lipinski definition) is 2. The summed E-state index contributed by atoms with van der Waals surface area (Å²) in [6, 6.07) is 0. The molecule has 0 heterocycles. The molecule has 0 aliphatic rings. The third-order valence-corrected chi connectivity index (χ3v) is 1.000. The molecule has 0 bridgehead atoms. The van der Waals surface area contributed by atoms with Gasteiger partial charge in [-0.15, -0.1) is 0 Å². The molecule has 1 N–H and O–H groups in total. The highest BCUT2D eigenvalue weighted by atomic mass is 15.0. The molecule has 0 fully saturated rings. The molecule has 0 saturated heterocycles. The Hall–Kier alpha value is -0.0800. The van der Waals surface area contributed by atoms with Crippen LogP contribution in [0.15, 0.2) is 0 Å². The first-order valence-electron chi connectivity index (χ1n) is 7.17. The summed E-state index contributed by atoms with van der Waals surface area (Å²) in [5.74, 6) is 0. The lowest BCUT2D eigenvalue weighted by Gasteiger charge is -1.90. The molecule has 0 aromatic carbocycles. The van der Waals surface area contributed by atoms with Crippen LogP contribution in [0.5, 0.6) is 0 Å². The van der Waals surface area contributed by atoms with Crippen molar-refractivity contribution >= 4 is 0 Å². The molecule has 0 radical (unpaired) electrons. The van der Waals surface area contributed by atoms with E-state index in [9.17, 15) is 0 Å². The molecule has 0 unspecified atom stereocenters. The van der Waals surface area contributed by atoms with Crippen LogP contribution in [0.2, 0.25) is 0 Å². The minimum Gasteiger partial charge on any atom is -0.323 e. The van der Waals surface area contributed by atoms with Crippen molar-refractivity contribution in [1.29, 1.82) is 0 Å². The van der Waals surface area contributed by atoms with Crippen LogP contribution >= 0.6 is 0 Å². The second kappa shape index (κ2) is 68.4. The van der Waals surface area contributed by atoms with Crippen LogP contribution in [0.3, 0.4) is 0 Å². The van der Waals surface area contributed by atoms with Crippen molar-refractivity contribution < 1.29 is 0 Å². The van der Waals surface area contributed by atoms with Crippen molar-refractivity contribution in [2.24, 2.45) is 0 Å². The van der Waals surface area contributed by atoms with Gasteiger partial charge in [0, 0.05) is 0 Å². The van der Waals surface area contributed by atoms with E-state index in [4.69, 9.17) is 0 Å². The Balaban J connectivity index is -0.0000000252. The second-order valence-electron chi connectivity index (χ2n) is 3.84. The van der Waals surface area contributed by atoms with Crippen molar-refractivity contribution in [2.75, 3.05) is 35.2 Å². The minimum atomic E-state index is 0. The molecule has 0 saturated carbocycles. The standard InChI is InChI=1S/2C4H10.C3H9N.C2H7N.C2H6.CH4/c2*1-3-4-2;1-4(2)3;1-3-2;1-2;/h2*3-4H2,1-2H3;1-3H3;3H,1-2H3;1-2H3;1H4. The van der Waals surface area contributed by atoms with Crippen LogP contribution in [-0.2, 0) is 0 Å². The van der Waals surface area contributed by atoms with Crippen LogP contribution in [0, 0.1) is 0 Å². The highest BCUT2D eigenvalue weighted by Crippen LogP contribution is 1.77. The Kier molecular flexibility index (Phi) is 137. The highest BCUT2D eigenvalue weighted by Gasteiger charge is 1.58. The lowest BCUT2D eigenvalue weighted by Crippen LogP contribution is -1.99. The maximum atomic E-state index is 2.75. The maximum Gasteiger partial charge on any atom is -0.0140 e. The lowest BCUT2D eigenvalue weighted by molar-refractivity contribution is 0.505. The molecular weight excluding hydrogens is 220 g/mol. The van der Waals surface area contributed by atoms with E-state index in [1.54, 1.807) is 0 Å². The van der Waals surface area contributed by atoms with E-state index in [1.165, 1.54) is 25.7 Å². The predicted octanol–water partition coefficient (Wildman–Crippen LogP) is 5.29. The second-order valence-corrected chi connectivity index (χ2v) is 3.84. The predicted molar refractivity (Wildman–Crippen MR) is 93.8 cm³/mol. The fourth-order valence-electron chi connectivity index (χ4n) is 0. The average Bonchev–Trinajstić information content (AvgIpc) is 2.32. The molecule has 0 aliphatic heterocycles. The highest BCUT2D eigenvalue weighted by molar-refractivity contribution is 4.13. The molecular formula is C16H46N2. The Bertz CT molecular complexity index is 44.3. The molecule has 0 amide bonds. The molecule has 120 valence electrons. The molecule has 0 aliphatic carbocycles. The van der Waals surface area contributed by atoms with E-state index in [2.05, 4.69) is 33.0 Å². The monoisotopic (exact) mass is 266 g/mol. The summed E-state index contributed by atoms with van der Waals surface area (Å²) in [6.07, 6.45) is 5.28. The first kappa shape index (κ1) is 36.1. The lowest BCUT2D eigenvalue weighted by atomic mass is 10.4. The summed E-state index contributed by atoms with van der Waals surface area (Å²) >= 11 is 0. The van der Waals surface area contributed by atoms with Crippen LogP contribution in [0.1, 0.15) is 74.7 Å². The molecule has 0 aromatic rings. The van der Waals surface area contributed by atoms with E-state index in [-0.39, 0.29) is 7.43 Å². The molecule has 0 rings (SSSR count). The Morgan fingerprint density at radius 2 is 0.722 bits per heavy atom. The van der Waals surface area contributed by atoms with Gasteiger partial charge < -0.3 is 10.2 Å². The third-order valence-electron chi connectivity index (χ3n) is 1.000. The van der Waals surface area contributed by atoms with Gasteiger partial charge in [0.1, 0.15) is 0 Å². The maximum absolute atomic E-state index is 2.75. The van der Waals surface area contributed by atoms with Crippen molar-refractivity contribution in [2.45, 2.75) is 74.7 Å². The van der Waals surface area contributed by atoms with E-state index < -0.39 is 0 Å². The van der Waals surface area contributed by atoms with E-state index in [0.29, 0.717) is 0 Å². The Labute approximate surface area is 121 Å². The number of nitrogens with one attached hydrogen (secondary N) is 1. The largest absolute Gasteiger partial charge is 0.323 e. The van der Waals surface area contributed by atoms with Crippen molar-refractivity contribution in [3.63, 3.8) is 0 Å². The van der Waals surface area contributed by atoms with Crippen molar-refractivity contribution in [3.05, 3.63) is 0 Å². The summed E-state index contributed by atoms with van der Waals surface area (Å²) in [5, 5.41) is 2.75. The Morgan fingerprint density at radius 3 is 0.722 bits per heavy atom. The topological polar surface area (TPSA) is 15.3 Å². The zero-order valence-corrected chi connectivity index (χ0v) is 14.8. The first-order chi connectivity index (χ1) is 7.97. The Morgan fingerprint density at radius 1 is 0.667 bits per heavy atom. The van der Waals surface area contributed by atoms with E-state index in [0.717, 1.165) is 0 Å². The zero-order valence-electron chi connectivity index (χ0n) is 14.8. The molecule has 2 heteroatoms. The quantitative estimate of drug-likeness (QED) is 0.730. The van der Waals surface area contributed by atoms with Crippen molar-refractivity contribution in [3.8, 4) is 0 Å². The third kappa shape index (κ3) is 961. The van der Waals surface area contributed by atoms with Gasteiger partial charge >= 0.3 is 0 Å². The SMILES string of the molecule is C.CC.CCCC.CCCC.CN(C)C.CNC. The van der Waals surface area contributed by atoms with Crippen LogP contribution in [0.4, 0.5) is 0 Å². The van der Waals surface area contributed by atoms with Gasteiger partial charge in [0.15, 0.2) is 0 Å². The van der Waals surface area contributed by atoms with Gasteiger partial charge in [0.2, 0.25) is 0 Å². The fraction of sp³-hybridized carbons (Fsp3) is 1.00. The van der Waals surface area contributed by atoms with Crippen LogP contribution in [0.25, 0.3) is 0 Å². The molecule has 2 nitrogen and oxygen atoms in total. The number of rotatable bonds is 2. The van der Waals surface area contributed by atoms with Gasteiger partial charge in [-0.1, -0.05) is 74.7 Å². The van der Waals surface area contributed by atoms with Crippen LogP contribution < -0.4 is 5.32 Å². The number of hydrogen-bond donors (Lipinski definition) is 1. The van der Waals surface area contributed by atoms with E-state index >= 15 is 0 Å². The summed E-state index contributed by atoms with van der Waals surface area (Å²) in [6.45, 7) is 12.7. The number of unbranched alkanes of at least 4 members (excludes halogenated alkanes) is 2. The van der Waals surface area contributed by atoms with E-state index in [1.807, 2.05) is 54.0 Å². The van der Waals surface area contributed by atoms with Gasteiger partial charge in [-0.2, -0.15) is 0 Å². The first-order valence-corrected chi connectivity index (χ1v) is 7.17. The normalized spacial score (nSPS) is 6.67. The molecule has 0 atom stereocenters. The minimum absolute atomic E-state index is 0. The zero-order chi connectivity index (χ0) is 15.1. The van der Waals surface area contributed by atoms with Gasteiger partial charge in [-0.3, -0.25) is 0 Å². The summed E-state index contributed by atoms with van der Waals surface area (Å²) in [5.41, 5.74) is 0. The van der Waals surface area contributed by atoms with Gasteiger partial charge in [-0.05, 0) is 35.2 Å². The van der Waals surface area contributed by atoms with Gasteiger partial charge in [0.25, 0.3) is 0 Å². The fourth-order valence-corrected chi connectivity index (χ4v) is 0. The van der Waals surface area contributed by atoms with Gasteiger partial charge in [0.05, 0.1) is 0 Å². The van der Waals surface area contributed by atoms with Crippen molar-refractivity contribution in [1.82, 2.24) is 10.2 Å². The molecule has 0 spiro atoms. The smallest absolute Gasteiger partial charge is 0.0140 e. The molecule has 18 heavy (non-hydrogen) atoms. The molecule has 0 aromatic heterocycles. The average molecular weight is 267 g/mol. The number of nitrogens with zero attached hydrogens (tertiary/aromatic N) is 1. The van der Waals surface area contributed by atoms with Gasteiger partial charge in [-0.25, -0.2) is 0 Å². The summed E-state index contributed by atoms with van der Waals surface area (Å²) < 4.78 is 0. The summed E-state index contributed by atoms with van der Waals surface area (Å²) in [4.78, 5) is 2.00. The summed E-state index contributed by atoms with van der Waals surface area (Å²) in [7, 11) is 9.75. The van der Waals surface area contributed by atoms with Crippen LogP contribution in [-0.4, -0.2) is 40.1 Å².